The van der Waals surface area contributed by atoms with E-state index in [0.29, 0.717) is 30.7 Å². The number of aromatic hydroxyl groups is 1. The first kappa shape index (κ1) is 27.8. The van der Waals surface area contributed by atoms with Crippen LogP contribution in [0.25, 0.3) is 11.5 Å². The summed E-state index contributed by atoms with van der Waals surface area (Å²) in [6.45, 7) is 20.4. The fourth-order valence-corrected chi connectivity index (χ4v) is 4.17. The van der Waals surface area contributed by atoms with Gasteiger partial charge in [0.05, 0.1) is 12.3 Å². The number of rotatable bonds is 9. The number of phenolic OH excluding ortho intramolecular Hbond substituents is 1. The maximum absolute atomic E-state index is 11.0. The van der Waals surface area contributed by atoms with Gasteiger partial charge >= 0.3 is 0 Å². The van der Waals surface area contributed by atoms with Gasteiger partial charge in [0.2, 0.25) is 5.89 Å². The van der Waals surface area contributed by atoms with Gasteiger partial charge in [-0.3, -0.25) is 0 Å². The molecule has 0 saturated heterocycles. The summed E-state index contributed by atoms with van der Waals surface area (Å²) in [6, 6.07) is 10.8. The molecule has 5 nitrogen and oxygen atoms in total. The van der Waals surface area contributed by atoms with Crippen molar-refractivity contribution in [2.45, 2.75) is 98.6 Å². The monoisotopic (exact) mass is 492 g/mol. The number of hydrogen-bond donors (Lipinski definition) is 2. The van der Waals surface area contributed by atoms with Gasteiger partial charge in [0.25, 0.3) is 0 Å². The number of hydrogen-bond acceptors (Lipinski definition) is 5. The number of benzene rings is 2. The summed E-state index contributed by atoms with van der Waals surface area (Å²) in [6.07, 6.45) is 3.36. The molecule has 36 heavy (non-hydrogen) atoms. The largest absolute Gasteiger partial charge is 0.507 e. The summed E-state index contributed by atoms with van der Waals surface area (Å²) in [5.74, 6) is 1.83. The Kier molecular flexibility index (Phi) is 8.55. The second-order valence-corrected chi connectivity index (χ2v) is 12.0. The maximum atomic E-state index is 11.0. The van der Waals surface area contributed by atoms with Crippen LogP contribution in [-0.4, -0.2) is 22.7 Å². The molecule has 0 atom stereocenters. The van der Waals surface area contributed by atoms with Crippen molar-refractivity contribution < 1.29 is 14.3 Å². The topological polar surface area (TPSA) is 67.5 Å². The summed E-state index contributed by atoms with van der Waals surface area (Å²) in [5, 5.41) is 14.5. The van der Waals surface area contributed by atoms with E-state index in [2.05, 4.69) is 85.8 Å². The summed E-state index contributed by atoms with van der Waals surface area (Å²) in [7, 11) is 0. The van der Waals surface area contributed by atoms with Crippen LogP contribution in [-0.2, 0) is 30.2 Å². The van der Waals surface area contributed by atoms with E-state index in [1.54, 1.807) is 6.26 Å². The Bertz CT molecular complexity index is 1130. The van der Waals surface area contributed by atoms with Gasteiger partial charge in [-0.05, 0) is 41.0 Å². The predicted octanol–water partition coefficient (Wildman–Crippen LogP) is 7.32. The minimum atomic E-state index is -0.210. The Morgan fingerprint density at radius 3 is 2.19 bits per heavy atom. The van der Waals surface area contributed by atoms with Crippen molar-refractivity contribution in [1.29, 1.82) is 0 Å². The first-order valence-electron chi connectivity index (χ1n) is 13.1. The minimum Gasteiger partial charge on any atom is -0.507 e. The molecule has 196 valence electrons. The average Bonchev–Trinajstić information content (AvgIpc) is 3.25. The van der Waals surface area contributed by atoms with E-state index in [9.17, 15) is 5.11 Å². The predicted molar refractivity (Wildman–Crippen MR) is 148 cm³/mol. The van der Waals surface area contributed by atoms with Gasteiger partial charge < -0.3 is 19.6 Å². The molecule has 0 bridgehead atoms. The number of nitrogens with zero attached hydrogens (tertiary/aromatic N) is 1. The van der Waals surface area contributed by atoms with Gasteiger partial charge in [0.15, 0.2) is 0 Å². The molecule has 0 spiro atoms. The Balaban J connectivity index is 1.78. The lowest BCUT2D eigenvalue weighted by atomic mass is 9.78. The smallest absolute Gasteiger partial charge is 0.226 e. The number of ether oxygens (including phenoxy) is 1. The molecule has 5 heteroatoms. The fraction of sp³-hybridized carbons (Fsp3) is 0.516. The molecule has 3 aromatic rings. The lowest BCUT2D eigenvalue weighted by Crippen LogP contribution is -2.22. The van der Waals surface area contributed by atoms with Crippen molar-refractivity contribution in [3.63, 3.8) is 0 Å². The van der Waals surface area contributed by atoms with Crippen LogP contribution >= 0.6 is 0 Å². The lowest BCUT2D eigenvalue weighted by Gasteiger charge is -2.27. The van der Waals surface area contributed by atoms with E-state index < -0.39 is 0 Å². The molecular weight excluding hydrogens is 448 g/mol. The average molecular weight is 493 g/mol. The second-order valence-electron chi connectivity index (χ2n) is 12.0. The number of nitrogens with one attached hydrogen (secondary N) is 1. The highest BCUT2D eigenvalue weighted by atomic mass is 16.5. The van der Waals surface area contributed by atoms with Crippen molar-refractivity contribution in [3.8, 4) is 23.0 Å². The zero-order chi connectivity index (χ0) is 26.7. The molecule has 2 N–H and O–H groups in total. The highest BCUT2D eigenvalue weighted by molar-refractivity contribution is 5.63. The van der Waals surface area contributed by atoms with Crippen LogP contribution in [0.4, 0.5) is 0 Å². The Morgan fingerprint density at radius 1 is 1.00 bits per heavy atom. The van der Waals surface area contributed by atoms with Gasteiger partial charge in [-0.15, -0.1) is 0 Å². The third-order valence-corrected chi connectivity index (χ3v) is 6.37. The zero-order valence-electron chi connectivity index (χ0n) is 23.6. The van der Waals surface area contributed by atoms with E-state index >= 15 is 0 Å². The first-order chi connectivity index (χ1) is 16.8. The summed E-state index contributed by atoms with van der Waals surface area (Å²) >= 11 is 0. The number of phenols is 1. The highest BCUT2D eigenvalue weighted by Crippen LogP contribution is 2.41. The van der Waals surface area contributed by atoms with Crippen LogP contribution in [0, 0.1) is 0 Å². The van der Waals surface area contributed by atoms with Gasteiger partial charge in [-0.2, -0.15) is 0 Å². The van der Waals surface area contributed by atoms with E-state index in [4.69, 9.17) is 14.1 Å². The van der Waals surface area contributed by atoms with Crippen molar-refractivity contribution in [3.05, 3.63) is 64.5 Å². The molecule has 0 fully saturated rings. The third kappa shape index (κ3) is 6.91. The van der Waals surface area contributed by atoms with Gasteiger partial charge in [0.1, 0.15) is 17.8 Å². The normalized spacial score (nSPS) is 12.4. The van der Waals surface area contributed by atoms with Crippen molar-refractivity contribution in [2.75, 3.05) is 6.61 Å². The van der Waals surface area contributed by atoms with Crippen LogP contribution in [0.5, 0.6) is 11.5 Å². The second kappa shape index (κ2) is 11.1. The standard InChI is InChI=1S/C31H44N2O3/c1-10-21-11-12-27(23(15-21)18-32-20(2)3)35-14-13-24-19-36-29(33-24)22-16-25(30(4,5)6)28(34)26(17-22)31(7,8)9/h11-12,15-17,19-20,32,34H,10,13-14,18H2,1-9H3. The van der Waals surface area contributed by atoms with E-state index in [1.807, 2.05) is 12.1 Å². The van der Waals surface area contributed by atoms with E-state index in [1.165, 1.54) is 11.1 Å². The van der Waals surface area contributed by atoms with Crippen LogP contribution < -0.4 is 10.1 Å². The number of aryl methyl sites for hydroxylation is 1. The van der Waals surface area contributed by atoms with Crippen molar-refractivity contribution in [2.24, 2.45) is 0 Å². The number of aromatic nitrogens is 1. The van der Waals surface area contributed by atoms with Crippen LogP contribution in [0.2, 0.25) is 0 Å². The van der Waals surface area contributed by atoms with Crippen LogP contribution in [0.15, 0.2) is 41.0 Å². The summed E-state index contributed by atoms with van der Waals surface area (Å²) in [5.41, 5.74) is 5.58. The molecule has 1 aromatic heterocycles. The quantitative estimate of drug-likeness (QED) is 0.327. The SMILES string of the molecule is CCc1ccc(OCCc2coc(-c3cc(C(C)(C)C)c(O)c(C(C)(C)C)c3)n2)c(CNC(C)C)c1. The van der Waals surface area contributed by atoms with Crippen molar-refractivity contribution >= 4 is 0 Å². The van der Waals surface area contributed by atoms with E-state index in [0.717, 1.165) is 41.1 Å². The Labute approximate surface area is 217 Å². The van der Waals surface area contributed by atoms with Crippen LogP contribution in [0.3, 0.4) is 0 Å². The lowest BCUT2D eigenvalue weighted by molar-refractivity contribution is 0.315. The molecule has 0 aliphatic carbocycles. The molecule has 3 rings (SSSR count). The third-order valence-electron chi connectivity index (χ3n) is 6.37. The molecule has 0 saturated carbocycles. The molecule has 2 aromatic carbocycles. The Morgan fingerprint density at radius 2 is 1.64 bits per heavy atom. The van der Waals surface area contributed by atoms with Gasteiger partial charge in [0, 0.05) is 41.3 Å². The molecule has 0 radical (unpaired) electrons. The molecule has 0 aliphatic rings. The first-order valence-corrected chi connectivity index (χ1v) is 13.1. The van der Waals surface area contributed by atoms with Crippen molar-refractivity contribution in [1.82, 2.24) is 10.3 Å². The fourth-order valence-electron chi connectivity index (χ4n) is 4.17. The Hall–Kier alpha value is -2.79. The van der Waals surface area contributed by atoms with Gasteiger partial charge in [-0.25, -0.2) is 4.98 Å². The highest BCUT2D eigenvalue weighted by Gasteiger charge is 2.27. The molecular formula is C31H44N2O3. The molecule has 0 unspecified atom stereocenters. The van der Waals surface area contributed by atoms with E-state index in [-0.39, 0.29) is 10.8 Å². The van der Waals surface area contributed by atoms with Gasteiger partial charge in [-0.1, -0.05) is 74.4 Å². The maximum Gasteiger partial charge on any atom is 0.226 e. The zero-order valence-corrected chi connectivity index (χ0v) is 23.6. The molecule has 0 aliphatic heterocycles. The molecule has 1 heterocycles. The summed E-state index contributed by atoms with van der Waals surface area (Å²) in [4.78, 5) is 4.76. The minimum absolute atomic E-state index is 0.210. The summed E-state index contributed by atoms with van der Waals surface area (Å²) < 4.78 is 12.1. The molecule has 0 amide bonds. The van der Waals surface area contributed by atoms with Crippen LogP contribution in [0.1, 0.15) is 90.3 Å². The number of oxazole rings is 1.